The van der Waals surface area contributed by atoms with Gasteiger partial charge in [0.25, 0.3) is 0 Å². The molecular formula is C17H17ClF3N3. The lowest BCUT2D eigenvalue weighted by Gasteiger charge is -2.35. The highest BCUT2D eigenvalue weighted by molar-refractivity contribution is 6.31. The third-order valence-electron chi connectivity index (χ3n) is 4.10. The number of hydrogen-bond donors (Lipinski definition) is 1. The third-order valence-corrected chi connectivity index (χ3v) is 4.45. The fraction of sp³-hybridized carbons (Fsp3) is 0.353. The fourth-order valence-electron chi connectivity index (χ4n) is 2.95. The zero-order valence-electron chi connectivity index (χ0n) is 12.9. The van der Waals surface area contributed by atoms with E-state index in [1.54, 1.807) is 12.3 Å². The van der Waals surface area contributed by atoms with E-state index in [1.807, 2.05) is 12.1 Å². The van der Waals surface area contributed by atoms with E-state index >= 15 is 0 Å². The summed E-state index contributed by atoms with van der Waals surface area (Å²) in [6.45, 7) is 2.99. The summed E-state index contributed by atoms with van der Waals surface area (Å²) in [5.41, 5.74) is 0.436. The number of hydrogen-bond acceptors (Lipinski definition) is 3. The van der Waals surface area contributed by atoms with Gasteiger partial charge in [0.15, 0.2) is 0 Å². The number of nitrogens with zero attached hydrogens (tertiary/aromatic N) is 2. The number of benzene rings is 1. The molecule has 7 heteroatoms. The van der Waals surface area contributed by atoms with Crippen LogP contribution < -0.4 is 5.32 Å². The van der Waals surface area contributed by atoms with E-state index in [0.717, 1.165) is 25.2 Å². The first-order chi connectivity index (χ1) is 11.5. The maximum atomic E-state index is 13.1. The SMILES string of the molecule is FC(F)(F)c1ccc(Cl)c(C(c2ccccn2)N2CCNCC2)c1. The lowest BCUT2D eigenvalue weighted by Crippen LogP contribution is -2.45. The second kappa shape index (κ2) is 7.09. The number of piperazine rings is 1. The summed E-state index contributed by atoms with van der Waals surface area (Å²) in [6.07, 6.45) is -2.76. The molecule has 1 aliphatic rings. The predicted molar refractivity (Wildman–Crippen MR) is 87.0 cm³/mol. The van der Waals surface area contributed by atoms with E-state index < -0.39 is 17.8 Å². The Morgan fingerprint density at radius 2 is 1.88 bits per heavy atom. The smallest absolute Gasteiger partial charge is 0.314 e. The molecule has 1 unspecified atom stereocenters. The first-order valence-electron chi connectivity index (χ1n) is 7.69. The van der Waals surface area contributed by atoms with E-state index in [2.05, 4.69) is 15.2 Å². The Balaban J connectivity index is 2.08. The Labute approximate surface area is 143 Å². The molecule has 128 valence electrons. The minimum atomic E-state index is -4.41. The molecular weight excluding hydrogens is 339 g/mol. The van der Waals surface area contributed by atoms with Crippen molar-refractivity contribution in [2.45, 2.75) is 12.2 Å². The summed E-state index contributed by atoms with van der Waals surface area (Å²) in [7, 11) is 0. The average Bonchev–Trinajstić information content (AvgIpc) is 2.58. The number of alkyl halides is 3. The van der Waals surface area contributed by atoms with Gasteiger partial charge >= 0.3 is 6.18 Å². The van der Waals surface area contributed by atoms with Crippen LogP contribution in [-0.4, -0.2) is 36.1 Å². The highest BCUT2D eigenvalue weighted by atomic mass is 35.5. The first kappa shape index (κ1) is 17.2. The zero-order valence-corrected chi connectivity index (χ0v) is 13.6. The predicted octanol–water partition coefficient (Wildman–Crippen LogP) is 3.75. The van der Waals surface area contributed by atoms with Crippen LogP contribution in [0.25, 0.3) is 0 Å². The first-order valence-corrected chi connectivity index (χ1v) is 8.07. The molecule has 0 aliphatic carbocycles. The molecule has 0 bridgehead atoms. The van der Waals surface area contributed by atoms with Gasteiger partial charge in [-0.15, -0.1) is 0 Å². The Bertz CT molecular complexity index is 685. The van der Waals surface area contributed by atoms with Crippen LogP contribution in [0.3, 0.4) is 0 Å². The Morgan fingerprint density at radius 1 is 1.12 bits per heavy atom. The molecule has 2 heterocycles. The van der Waals surface area contributed by atoms with Gasteiger partial charge in [-0.2, -0.15) is 13.2 Å². The van der Waals surface area contributed by atoms with Gasteiger partial charge in [0, 0.05) is 37.4 Å². The monoisotopic (exact) mass is 355 g/mol. The second-order valence-corrected chi connectivity index (χ2v) is 6.08. The highest BCUT2D eigenvalue weighted by Crippen LogP contribution is 2.37. The summed E-state index contributed by atoms with van der Waals surface area (Å²) in [4.78, 5) is 6.47. The fourth-order valence-corrected chi connectivity index (χ4v) is 3.17. The van der Waals surface area contributed by atoms with Gasteiger partial charge in [-0.3, -0.25) is 9.88 Å². The number of rotatable bonds is 3. The van der Waals surface area contributed by atoms with Crippen LogP contribution in [0.5, 0.6) is 0 Å². The number of nitrogens with one attached hydrogen (secondary N) is 1. The normalized spacial score (nSPS) is 17.7. The van der Waals surface area contributed by atoms with E-state index in [-0.39, 0.29) is 0 Å². The van der Waals surface area contributed by atoms with Crippen molar-refractivity contribution in [1.29, 1.82) is 0 Å². The van der Waals surface area contributed by atoms with Gasteiger partial charge in [-0.1, -0.05) is 17.7 Å². The summed E-state index contributed by atoms with van der Waals surface area (Å²) < 4.78 is 39.4. The maximum Gasteiger partial charge on any atom is 0.416 e. The van der Waals surface area contributed by atoms with Crippen molar-refractivity contribution < 1.29 is 13.2 Å². The van der Waals surface area contributed by atoms with Gasteiger partial charge in [0.1, 0.15) is 0 Å². The minimum Gasteiger partial charge on any atom is -0.314 e. The van der Waals surface area contributed by atoms with E-state index in [0.29, 0.717) is 29.4 Å². The quantitative estimate of drug-likeness (QED) is 0.909. The Kier molecular flexibility index (Phi) is 5.08. The van der Waals surface area contributed by atoms with Crippen molar-refractivity contribution in [2.75, 3.05) is 26.2 Å². The lowest BCUT2D eigenvalue weighted by atomic mass is 9.98. The molecule has 0 spiro atoms. The standard InChI is InChI=1S/C17H17ClF3N3/c18-14-5-4-12(17(19,20)21)11-13(14)16(15-3-1-2-6-23-15)24-9-7-22-8-10-24/h1-6,11,16,22H,7-10H2. The van der Waals surface area contributed by atoms with Crippen LogP contribution >= 0.6 is 11.6 Å². The summed E-state index contributed by atoms with van der Waals surface area (Å²) in [5.74, 6) is 0. The van der Waals surface area contributed by atoms with Gasteiger partial charge in [-0.05, 0) is 35.9 Å². The molecule has 3 nitrogen and oxygen atoms in total. The van der Waals surface area contributed by atoms with Crippen LogP contribution in [0.4, 0.5) is 13.2 Å². The Morgan fingerprint density at radius 3 is 2.50 bits per heavy atom. The molecule has 0 radical (unpaired) electrons. The molecule has 1 aromatic heterocycles. The molecule has 1 saturated heterocycles. The van der Waals surface area contributed by atoms with Gasteiger partial charge in [0.2, 0.25) is 0 Å². The highest BCUT2D eigenvalue weighted by Gasteiger charge is 2.33. The topological polar surface area (TPSA) is 28.2 Å². The van der Waals surface area contributed by atoms with Crippen molar-refractivity contribution in [1.82, 2.24) is 15.2 Å². The van der Waals surface area contributed by atoms with Crippen molar-refractivity contribution in [3.05, 3.63) is 64.4 Å². The summed E-state index contributed by atoms with van der Waals surface area (Å²) in [6, 6.07) is 8.51. The lowest BCUT2D eigenvalue weighted by molar-refractivity contribution is -0.137. The number of aromatic nitrogens is 1. The van der Waals surface area contributed by atoms with Crippen LogP contribution in [-0.2, 0) is 6.18 Å². The zero-order chi connectivity index (χ0) is 17.2. The number of halogens is 4. The van der Waals surface area contributed by atoms with Crippen LogP contribution in [0.15, 0.2) is 42.6 Å². The molecule has 1 aromatic carbocycles. The van der Waals surface area contributed by atoms with Crippen LogP contribution in [0, 0.1) is 0 Å². The van der Waals surface area contributed by atoms with Crippen LogP contribution in [0.2, 0.25) is 5.02 Å². The molecule has 1 aliphatic heterocycles. The Hall–Kier alpha value is -1.63. The maximum absolute atomic E-state index is 13.1. The molecule has 0 saturated carbocycles. The van der Waals surface area contributed by atoms with Crippen molar-refractivity contribution in [3.63, 3.8) is 0 Å². The molecule has 1 fully saturated rings. The number of pyridine rings is 1. The molecule has 2 aromatic rings. The van der Waals surface area contributed by atoms with E-state index in [1.165, 1.54) is 6.07 Å². The molecule has 1 N–H and O–H groups in total. The summed E-state index contributed by atoms with van der Waals surface area (Å²) >= 11 is 6.27. The van der Waals surface area contributed by atoms with E-state index in [9.17, 15) is 13.2 Å². The molecule has 0 amide bonds. The third kappa shape index (κ3) is 3.71. The van der Waals surface area contributed by atoms with Crippen molar-refractivity contribution >= 4 is 11.6 Å². The molecule has 24 heavy (non-hydrogen) atoms. The molecule has 1 atom stereocenters. The van der Waals surface area contributed by atoms with Crippen LogP contribution in [0.1, 0.15) is 22.9 Å². The largest absolute Gasteiger partial charge is 0.416 e. The molecule has 3 rings (SSSR count). The minimum absolute atomic E-state index is 0.317. The van der Waals surface area contributed by atoms with Gasteiger partial charge in [0.05, 0.1) is 17.3 Å². The van der Waals surface area contributed by atoms with Crippen molar-refractivity contribution in [3.8, 4) is 0 Å². The van der Waals surface area contributed by atoms with Crippen molar-refractivity contribution in [2.24, 2.45) is 0 Å². The second-order valence-electron chi connectivity index (χ2n) is 5.68. The van der Waals surface area contributed by atoms with Gasteiger partial charge < -0.3 is 5.32 Å². The average molecular weight is 356 g/mol. The summed E-state index contributed by atoms with van der Waals surface area (Å²) in [5, 5.41) is 3.56. The van der Waals surface area contributed by atoms with E-state index in [4.69, 9.17) is 11.6 Å². The van der Waals surface area contributed by atoms with Gasteiger partial charge in [-0.25, -0.2) is 0 Å².